The van der Waals surface area contributed by atoms with E-state index in [0.29, 0.717) is 22.5 Å². The first-order valence-electron chi connectivity index (χ1n) is 9.43. The number of amides is 2. The highest BCUT2D eigenvalue weighted by atomic mass is 32.2. The number of anilines is 2. The molecule has 10 nitrogen and oxygen atoms in total. The van der Waals surface area contributed by atoms with Crippen LogP contribution >= 0.6 is 11.8 Å². The monoisotopic (exact) mass is 426 g/mol. The molecule has 4 rings (SSSR count). The first-order chi connectivity index (χ1) is 14.3. The standard InChI is InChI=1S/C19H22N8O2S/c1-11-8-13(3)27(24-11)18-22-23-19(26(18)20)30-10-17(29)25-12(2)9-16(28)21-14-6-4-5-7-15(14)25/h4-8,12H,9-10,20H2,1-3H3,(H,21,28). The zero-order valence-corrected chi connectivity index (χ0v) is 17.7. The summed E-state index contributed by atoms with van der Waals surface area (Å²) in [6.45, 7) is 5.64. The molecule has 3 N–H and O–H groups in total. The van der Waals surface area contributed by atoms with Crippen molar-refractivity contribution in [3.05, 3.63) is 41.7 Å². The summed E-state index contributed by atoms with van der Waals surface area (Å²) in [5.74, 6) is 6.36. The molecule has 3 aromatic rings. The van der Waals surface area contributed by atoms with Crippen LogP contribution in [0.15, 0.2) is 35.5 Å². The Bertz CT molecular complexity index is 1120. The molecular formula is C19H22N8O2S. The molecule has 2 amide bonds. The van der Waals surface area contributed by atoms with E-state index in [0.717, 1.165) is 11.4 Å². The number of nitrogens with one attached hydrogen (secondary N) is 1. The number of aryl methyl sites for hydroxylation is 2. The van der Waals surface area contributed by atoms with Crippen molar-refractivity contribution in [1.82, 2.24) is 24.7 Å². The van der Waals surface area contributed by atoms with Crippen LogP contribution in [0.1, 0.15) is 24.7 Å². The Kier molecular flexibility index (Phi) is 5.20. The van der Waals surface area contributed by atoms with Crippen LogP contribution in [0, 0.1) is 13.8 Å². The number of thioether (sulfide) groups is 1. The van der Waals surface area contributed by atoms with Crippen LogP contribution in [-0.2, 0) is 9.59 Å². The summed E-state index contributed by atoms with van der Waals surface area (Å²) in [7, 11) is 0. The van der Waals surface area contributed by atoms with Crippen molar-refractivity contribution >= 4 is 35.0 Å². The van der Waals surface area contributed by atoms with E-state index in [-0.39, 0.29) is 30.0 Å². The van der Waals surface area contributed by atoms with Gasteiger partial charge in [-0.05, 0) is 39.0 Å². The number of para-hydroxylation sites is 2. The third kappa shape index (κ3) is 3.63. The molecule has 1 unspecified atom stereocenters. The van der Waals surface area contributed by atoms with E-state index in [2.05, 4.69) is 20.6 Å². The van der Waals surface area contributed by atoms with Gasteiger partial charge >= 0.3 is 0 Å². The van der Waals surface area contributed by atoms with Crippen molar-refractivity contribution in [2.24, 2.45) is 0 Å². The Hall–Kier alpha value is -3.34. The smallest absolute Gasteiger partial charge is 0.271 e. The van der Waals surface area contributed by atoms with Gasteiger partial charge in [0.2, 0.25) is 17.0 Å². The lowest BCUT2D eigenvalue weighted by Gasteiger charge is -2.27. The predicted octanol–water partition coefficient (Wildman–Crippen LogP) is 1.65. The van der Waals surface area contributed by atoms with Gasteiger partial charge in [0.15, 0.2) is 0 Å². The molecule has 11 heteroatoms. The molecule has 0 saturated heterocycles. The van der Waals surface area contributed by atoms with Gasteiger partial charge in [-0.2, -0.15) is 5.10 Å². The Labute approximate surface area is 177 Å². The number of nitrogen functional groups attached to an aromatic ring is 1. The fraction of sp³-hybridized carbons (Fsp3) is 0.316. The Morgan fingerprint density at radius 1 is 1.30 bits per heavy atom. The van der Waals surface area contributed by atoms with E-state index in [4.69, 9.17) is 5.84 Å². The van der Waals surface area contributed by atoms with Crippen molar-refractivity contribution in [1.29, 1.82) is 0 Å². The average Bonchev–Trinajstić information content (AvgIpc) is 3.17. The van der Waals surface area contributed by atoms with E-state index in [1.54, 1.807) is 15.6 Å². The number of nitrogens with zero attached hydrogens (tertiary/aromatic N) is 6. The van der Waals surface area contributed by atoms with Crippen LogP contribution < -0.4 is 16.1 Å². The molecule has 30 heavy (non-hydrogen) atoms. The largest absolute Gasteiger partial charge is 0.334 e. The minimum atomic E-state index is -0.275. The van der Waals surface area contributed by atoms with Crippen LogP contribution in [0.4, 0.5) is 11.4 Å². The maximum atomic E-state index is 13.1. The van der Waals surface area contributed by atoms with Crippen LogP contribution in [0.3, 0.4) is 0 Å². The molecule has 1 aromatic carbocycles. The molecule has 156 valence electrons. The molecule has 0 radical (unpaired) electrons. The summed E-state index contributed by atoms with van der Waals surface area (Å²) in [5, 5.41) is 15.8. The Morgan fingerprint density at radius 2 is 2.07 bits per heavy atom. The molecular weight excluding hydrogens is 404 g/mol. The SMILES string of the molecule is Cc1cc(C)n(-c2nnc(SCC(=O)N3c4ccccc4NC(=O)CC3C)n2N)n1. The third-order valence-corrected chi connectivity index (χ3v) is 5.73. The topological polar surface area (TPSA) is 124 Å². The highest BCUT2D eigenvalue weighted by Gasteiger charge is 2.30. The van der Waals surface area contributed by atoms with E-state index in [9.17, 15) is 9.59 Å². The van der Waals surface area contributed by atoms with Gasteiger partial charge in [-0.25, -0.2) is 9.36 Å². The number of nitrogens with two attached hydrogens (primary N) is 1. The van der Waals surface area contributed by atoms with Gasteiger partial charge in [0.25, 0.3) is 5.95 Å². The first-order valence-corrected chi connectivity index (χ1v) is 10.4. The van der Waals surface area contributed by atoms with E-state index >= 15 is 0 Å². The summed E-state index contributed by atoms with van der Waals surface area (Å²) in [5.41, 5.74) is 3.03. The Balaban J connectivity index is 1.54. The van der Waals surface area contributed by atoms with Crippen molar-refractivity contribution < 1.29 is 9.59 Å². The van der Waals surface area contributed by atoms with Crippen molar-refractivity contribution in [2.75, 3.05) is 21.8 Å². The van der Waals surface area contributed by atoms with Crippen LogP contribution in [0.25, 0.3) is 5.95 Å². The summed E-state index contributed by atoms with van der Waals surface area (Å²) in [6, 6.07) is 8.92. The number of hydrogen-bond acceptors (Lipinski definition) is 7. The van der Waals surface area contributed by atoms with Gasteiger partial charge in [0, 0.05) is 18.2 Å². The van der Waals surface area contributed by atoms with Gasteiger partial charge in [-0.1, -0.05) is 23.9 Å². The molecule has 0 aliphatic carbocycles. The van der Waals surface area contributed by atoms with Gasteiger partial charge in [-0.3, -0.25) is 9.59 Å². The third-order valence-electron chi connectivity index (χ3n) is 4.80. The number of fused-ring (bicyclic) bond motifs is 1. The summed E-state index contributed by atoms with van der Waals surface area (Å²) >= 11 is 1.19. The number of carbonyl (C=O) groups is 2. The molecule has 2 aromatic heterocycles. The number of carbonyl (C=O) groups excluding carboxylic acids is 2. The highest BCUT2D eigenvalue weighted by molar-refractivity contribution is 7.99. The second-order valence-electron chi connectivity index (χ2n) is 7.16. The zero-order valence-electron chi connectivity index (χ0n) is 16.9. The second kappa shape index (κ2) is 7.82. The van der Waals surface area contributed by atoms with Crippen molar-refractivity contribution in [3.63, 3.8) is 0 Å². The van der Waals surface area contributed by atoms with Crippen molar-refractivity contribution in [2.45, 2.75) is 38.4 Å². The highest BCUT2D eigenvalue weighted by Crippen LogP contribution is 2.32. The molecule has 0 spiro atoms. The van der Waals surface area contributed by atoms with Crippen molar-refractivity contribution in [3.8, 4) is 5.95 Å². The number of aromatic nitrogens is 5. The molecule has 1 aliphatic heterocycles. The molecule has 1 atom stereocenters. The molecule has 0 saturated carbocycles. The maximum absolute atomic E-state index is 13.1. The summed E-state index contributed by atoms with van der Waals surface area (Å²) < 4.78 is 2.93. The lowest BCUT2D eigenvalue weighted by Crippen LogP contribution is -2.40. The quantitative estimate of drug-likeness (QED) is 0.480. The van der Waals surface area contributed by atoms with E-state index < -0.39 is 0 Å². The molecule has 3 heterocycles. The number of rotatable bonds is 4. The van der Waals surface area contributed by atoms with Crippen LogP contribution in [0.2, 0.25) is 0 Å². The molecule has 1 aliphatic rings. The lowest BCUT2D eigenvalue weighted by molar-refractivity contribution is -0.117. The average molecular weight is 427 g/mol. The first kappa shape index (κ1) is 20.0. The normalized spacial score (nSPS) is 16.2. The summed E-state index contributed by atoms with van der Waals surface area (Å²) in [4.78, 5) is 26.9. The number of hydrogen-bond donors (Lipinski definition) is 2. The fourth-order valence-corrected chi connectivity index (χ4v) is 4.22. The van der Waals surface area contributed by atoms with Crippen LogP contribution in [0.5, 0.6) is 0 Å². The minimum absolute atomic E-state index is 0.0965. The predicted molar refractivity (Wildman–Crippen MR) is 114 cm³/mol. The minimum Gasteiger partial charge on any atom is -0.334 e. The number of benzene rings is 1. The van der Waals surface area contributed by atoms with Gasteiger partial charge in [-0.15, -0.1) is 10.2 Å². The van der Waals surface area contributed by atoms with E-state index in [1.165, 1.54) is 16.4 Å². The fourth-order valence-electron chi connectivity index (χ4n) is 3.51. The zero-order chi connectivity index (χ0) is 21.4. The van der Waals surface area contributed by atoms with Gasteiger partial charge < -0.3 is 16.1 Å². The summed E-state index contributed by atoms with van der Waals surface area (Å²) in [6.07, 6.45) is 0.222. The van der Waals surface area contributed by atoms with Gasteiger partial charge in [0.05, 0.1) is 22.8 Å². The molecule has 0 fully saturated rings. The van der Waals surface area contributed by atoms with E-state index in [1.807, 2.05) is 45.0 Å². The Morgan fingerprint density at radius 3 is 2.80 bits per heavy atom. The second-order valence-corrected chi connectivity index (χ2v) is 8.10. The van der Waals surface area contributed by atoms with Gasteiger partial charge in [0.1, 0.15) is 0 Å². The maximum Gasteiger partial charge on any atom is 0.271 e. The molecule has 0 bridgehead atoms. The lowest BCUT2D eigenvalue weighted by atomic mass is 10.2. The van der Waals surface area contributed by atoms with Crippen LogP contribution in [-0.4, -0.2) is 48.3 Å².